The number of carboxylic acid groups (broad SMARTS) is 1. The summed E-state index contributed by atoms with van der Waals surface area (Å²) < 4.78 is 4.60. The van der Waals surface area contributed by atoms with Crippen LogP contribution in [0, 0.1) is 11.8 Å². The third-order valence-electron chi connectivity index (χ3n) is 3.11. The lowest BCUT2D eigenvalue weighted by molar-refractivity contribution is -0.147. The average Bonchev–Trinajstić information content (AvgIpc) is 2.81. The summed E-state index contributed by atoms with van der Waals surface area (Å²) in [5.41, 5.74) is 0. The van der Waals surface area contributed by atoms with Gasteiger partial charge in [-0.25, -0.2) is 0 Å². The highest BCUT2D eigenvalue weighted by Gasteiger charge is 2.35. The van der Waals surface area contributed by atoms with Crippen molar-refractivity contribution in [2.24, 2.45) is 11.8 Å². The SMILES string of the molecule is O=C(O)C1CCCCC1C(=O)Nc1ccon1. The summed E-state index contributed by atoms with van der Waals surface area (Å²) in [6.07, 6.45) is 4.28. The first kappa shape index (κ1) is 11.6. The molecule has 1 aromatic rings. The summed E-state index contributed by atoms with van der Waals surface area (Å²) >= 11 is 0. The average molecular weight is 238 g/mol. The molecule has 2 unspecified atom stereocenters. The Morgan fingerprint density at radius 1 is 1.35 bits per heavy atom. The van der Waals surface area contributed by atoms with Crippen molar-refractivity contribution in [3.63, 3.8) is 0 Å². The highest BCUT2D eigenvalue weighted by molar-refractivity contribution is 5.94. The number of carbonyl (C=O) groups is 2. The highest BCUT2D eigenvalue weighted by Crippen LogP contribution is 2.31. The summed E-state index contributed by atoms with van der Waals surface area (Å²) in [6, 6.07) is 1.52. The van der Waals surface area contributed by atoms with Crippen molar-refractivity contribution in [3.8, 4) is 0 Å². The summed E-state index contributed by atoms with van der Waals surface area (Å²) in [5.74, 6) is -1.92. The van der Waals surface area contributed by atoms with Gasteiger partial charge in [0.05, 0.1) is 11.8 Å². The second kappa shape index (κ2) is 4.99. The molecule has 6 heteroatoms. The Hall–Kier alpha value is -1.85. The molecule has 2 atom stereocenters. The maximum Gasteiger partial charge on any atom is 0.307 e. The number of nitrogens with zero attached hydrogens (tertiary/aromatic N) is 1. The Labute approximate surface area is 98.0 Å². The maximum absolute atomic E-state index is 11.9. The Kier molecular flexibility index (Phi) is 3.41. The Morgan fingerprint density at radius 3 is 2.65 bits per heavy atom. The molecule has 0 aromatic carbocycles. The molecule has 1 saturated carbocycles. The van der Waals surface area contributed by atoms with Crippen LogP contribution in [0.4, 0.5) is 5.82 Å². The smallest absolute Gasteiger partial charge is 0.307 e. The maximum atomic E-state index is 11.9. The Balaban J connectivity index is 2.03. The van der Waals surface area contributed by atoms with Crippen molar-refractivity contribution < 1.29 is 19.2 Å². The summed E-state index contributed by atoms with van der Waals surface area (Å²) in [6.45, 7) is 0. The lowest BCUT2D eigenvalue weighted by atomic mass is 9.79. The molecule has 1 heterocycles. The predicted octanol–water partition coefficient (Wildman–Crippen LogP) is 1.50. The first-order chi connectivity index (χ1) is 8.18. The number of amides is 1. The van der Waals surface area contributed by atoms with Gasteiger partial charge in [-0.15, -0.1) is 0 Å². The molecule has 1 amide bonds. The molecule has 0 radical (unpaired) electrons. The molecule has 0 aliphatic heterocycles. The zero-order valence-corrected chi connectivity index (χ0v) is 9.26. The van der Waals surface area contributed by atoms with E-state index in [9.17, 15) is 9.59 Å². The zero-order chi connectivity index (χ0) is 12.3. The fourth-order valence-electron chi connectivity index (χ4n) is 2.24. The van der Waals surface area contributed by atoms with E-state index >= 15 is 0 Å². The summed E-state index contributed by atoms with van der Waals surface area (Å²) in [7, 11) is 0. The van der Waals surface area contributed by atoms with Gasteiger partial charge in [-0.1, -0.05) is 18.0 Å². The molecule has 0 bridgehead atoms. The van der Waals surface area contributed by atoms with Crippen LogP contribution in [0.15, 0.2) is 16.9 Å². The third kappa shape index (κ3) is 2.64. The third-order valence-corrected chi connectivity index (χ3v) is 3.11. The van der Waals surface area contributed by atoms with Gasteiger partial charge in [-0.2, -0.15) is 0 Å². The molecule has 1 aromatic heterocycles. The number of nitrogens with one attached hydrogen (secondary N) is 1. The highest BCUT2D eigenvalue weighted by atomic mass is 16.5. The van der Waals surface area contributed by atoms with E-state index in [1.807, 2.05) is 0 Å². The number of aliphatic carboxylic acids is 1. The van der Waals surface area contributed by atoms with E-state index in [0.29, 0.717) is 18.7 Å². The van der Waals surface area contributed by atoms with Crippen LogP contribution in [-0.2, 0) is 9.59 Å². The molecule has 6 nitrogen and oxygen atoms in total. The number of rotatable bonds is 3. The van der Waals surface area contributed by atoms with Crippen molar-refractivity contribution in [3.05, 3.63) is 12.3 Å². The van der Waals surface area contributed by atoms with Gasteiger partial charge in [-0.05, 0) is 12.8 Å². The standard InChI is InChI=1S/C11H14N2O4/c14-10(12-9-5-6-17-13-9)7-3-1-2-4-8(7)11(15)16/h5-8H,1-4H2,(H,15,16)(H,12,13,14). The molecule has 1 aliphatic rings. The van der Waals surface area contributed by atoms with Crippen molar-refractivity contribution in [2.75, 3.05) is 5.32 Å². The van der Waals surface area contributed by atoms with E-state index in [1.54, 1.807) is 0 Å². The second-order valence-corrected chi connectivity index (χ2v) is 4.21. The van der Waals surface area contributed by atoms with Crippen LogP contribution < -0.4 is 5.32 Å². The van der Waals surface area contributed by atoms with Crippen LogP contribution in [0.2, 0.25) is 0 Å². The van der Waals surface area contributed by atoms with E-state index in [-0.39, 0.29) is 5.91 Å². The van der Waals surface area contributed by atoms with Crippen LogP contribution in [-0.4, -0.2) is 22.1 Å². The molecule has 2 rings (SSSR count). The van der Waals surface area contributed by atoms with E-state index in [0.717, 1.165) is 12.8 Å². The lowest BCUT2D eigenvalue weighted by Crippen LogP contribution is -2.36. The Bertz CT molecular complexity index is 402. The Morgan fingerprint density at radius 2 is 2.06 bits per heavy atom. The molecular weight excluding hydrogens is 224 g/mol. The van der Waals surface area contributed by atoms with Gasteiger partial charge in [0, 0.05) is 6.07 Å². The normalized spacial score (nSPS) is 24.2. The molecule has 0 spiro atoms. The van der Waals surface area contributed by atoms with Gasteiger partial charge >= 0.3 is 5.97 Å². The minimum atomic E-state index is -0.898. The summed E-state index contributed by atoms with van der Waals surface area (Å²) in [4.78, 5) is 23.0. The lowest BCUT2D eigenvalue weighted by Gasteiger charge is -2.26. The second-order valence-electron chi connectivity index (χ2n) is 4.21. The van der Waals surface area contributed by atoms with Crippen molar-refractivity contribution in [1.29, 1.82) is 0 Å². The van der Waals surface area contributed by atoms with Gasteiger partial charge in [0.15, 0.2) is 5.82 Å². The molecule has 1 fully saturated rings. The van der Waals surface area contributed by atoms with Crippen molar-refractivity contribution in [2.45, 2.75) is 25.7 Å². The fraction of sp³-hybridized carbons (Fsp3) is 0.545. The number of aromatic nitrogens is 1. The molecule has 1 aliphatic carbocycles. The van der Waals surface area contributed by atoms with Crippen LogP contribution >= 0.6 is 0 Å². The number of carbonyl (C=O) groups excluding carboxylic acids is 1. The predicted molar refractivity (Wildman–Crippen MR) is 58.2 cm³/mol. The number of anilines is 1. The van der Waals surface area contributed by atoms with E-state index in [4.69, 9.17) is 5.11 Å². The minimum Gasteiger partial charge on any atom is -0.481 e. The van der Waals surface area contributed by atoms with Crippen LogP contribution in [0.3, 0.4) is 0 Å². The van der Waals surface area contributed by atoms with E-state index in [1.165, 1.54) is 12.3 Å². The van der Waals surface area contributed by atoms with Crippen molar-refractivity contribution >= 4 is 17.7 Å². The molecule has 17 heavy (non-hydrogen) atoms. The van der Waals surface area contributed by atoms with Crippen LogP contribution in [0.25, 0.3) is 0 Å². The van der Waals surface area contributed by atoms with E-state index in [2.05, 4.69) is 15.0 Å². The van der Waals surface area contributed by atoms with Gasteiger partial charge in [0.1, 0.15) is 6.26 Å². The van der Waals surface area contributed by atoms with Crippen LogP contribution in [0.5, 0.6) is 0 Å². The van der Waals surface area contributed by atoms with Crippen LogP contribution in [0.1, 0.15) is 25.7 Å². The van der Waals surface area contributed by atoms with Crippen molar-refractivity contribution in [1.82, 2.24) is 5.16 Å². The monoisotopic (exact) mass is 238 g/mol. The molecular formula is C11H14N2O4. The fourth-order valence-corrected chi connectivity index (χ4v) is 2.24. The van der Waals surface area contributed by atoms with Gasteiger partial charge < -0.3 is 14.9 Å². The van der Waals surface area contributed by atoms with Gasteiger partial charge in [0.25, 0.3) is 0 Å². The quantitative estimate of drug-likeness (QED) is 0.832. The zero-order valence-electron chi connectivity index (χ0n) is 9.26. The van der Waals surface area contributed by atoms with Gasteiger partial charge in [0.2, 0.25) is 5.91 Å². The summed E-state index contributed by atoms with van der Waals surface area (Å²) in [5, 5.41) is 15.2. The number of carboxylic acids is 1. The molecule has 0 saturated heterocycles. The minimum absolute atomic E-state index is 0.286. The number of hydrogen-bond acceptors (Lipinski definition) is 4. The molecule has 2 N–H and O–H groups in total. The largest absolute Gasteiger partial charge is 0.481 e. The first-order valence-corrected chi connectivity index (χ1v) is 5.62. The first-order valence-electron chi connectivity index (χ1n) is 5.62. The van der Waals surface area contributed by atoms with E-state index < -0.39 is 17.8 Å². The number of hydrogen-bond donors (Lipinski definition) is 2. The van der Waals surface area contributed by atoms with Gasteiger partial charge in [-0.3, -0.25) is 9.59 Å². The topological polar surface area (TPSA) is 92.4 Å². The molecule has 92 valence electrons.